The second-order valence-electron chi connectivity index (χ2n) is 5.09. The third-order valence-electron chi connectivity index (χ3n) is 2.89. The smallest absolute Gasteiger partial charge is 0.422 e. The van der Waals surface area contributed by atoms with Crippen LogP contribution in [-0.2, 0) is 4.79 Å². The lowest BCUT2D eigenvalue weighted by molar-refractivity contribution is -0.153. The Morgan fingerprint density at radius 2 is 2.00 bits per heavy atom. The molecule has 1 rings (SSSR count). The number of nitrogens with one attached hydrogen (secondary N) is 1. The largest absolute Gasteiger partial charge is 0.482 e. The zero-order valence-corrected chi connectivity index (χ0v) is 12.9. The number of hydrogen-bond acceptors (Lipinski definition) is 3. The Balaban J connectivity index is 2.82. The lowest BCUT2D eigenvalue weighted by Crippen LogP contribution is -2.36. The van der Waals surface area contributed by atoms with Crippen molar-refractivity contribution in [3.05, 3.63) is 24.0 Å². The van der Waals surface area contributed by atoms with E-state index in [0.717, 1.165) is 17.0 Å². The molecule has 134 valence electrons. The van der Waals surface area contributed by atoms with Crippen LogP contribution in [0.25, 0.3) is 0 Å². The maximum Gasteiger partial charge on any atom is 0.422 e. The minimum Gasteiger partial charge on any atom is -0.482 e. The highest BCUT2D eigenvalue weighted by Gasteiger charge is 2.29. The maximum absolute atomic E-state index is 13.2. The molecule has 6 nitrogen and oxygen atoms in total. The van der Waals surface area contributed by atoms with Gasteiger partial charge in [0.05, 0.1) is 11.6 Å². The SMILES string of the molecule is CC(CN(C)C(=O)Nc1ccc(F)cc1OCC(F)(F)F)C(=O)O. The first-order valence-corrected chi connectivity index (χ1v) is 6.73. The summed E-state index contributed by atoms with van der Waals surface area (Å²) in [6.45, 7) is -0.381. The molecular formula is C14H16F4N2O4. The van der Waals surface area contributed by atoms with Gasteiger partial charge in [0, 0.05) is 19.7 Å². The number of halogens is 4. The first kappa shape index (κ1) is 19.5. The first-order chi connectivity index (χ1) is 11.0. The molecule has 0 saturated heterocycles. The average molecular weight is 352 g/mol. The average Bonchev–Trinajstić information content (AvgIpc) is 2.46. The van der Waals surface area contributed by atoms with Crippen molar-refractivity contribution in [3.63, 3.8) is 0 Å². The third-order valence-corrected chi connectivity index (χ3v) is 2.89. The highest BCUT2D eigenvalue weighted by Crippen LogP contribution is 2.28. The van der Waals surface area contributed by atoms with Crippen LogP contribution in [0.3, 0.4) is 0 Å². The highest BCUT2D eigenvalue weighted by atomic mass is 19.4. The van der Waals surface area contributed by atoms with Crippen LogP contribution in [0.1, 0.15) is 6.92 Å². The molecule has 0 heterocycles. The Bertz CT molecular complexity index is 607. The van der Waals surface area contributed by atoms with Gasteiger partial charge in [0.25, 0.3) is 0 Å². The number of carbonyl (C=O) groups is 2. The van der Waals surface area contributed by atoms with Crippen molar-refractivity contribution in [3.8, 4) is 5.75 Å². The normalized spacial score (nSPS) is 12.4. The second-order valence-corrected chi connectivity index (χ2v) is 5.09. The number of hydrogen-bond donors (Lipinski definition) is 2. The summed E-state index contributed by atoms with van der Waals surface area (Å²) in [5.41, 5.74) is -0.166. The Kier molecular flexibility index (Phi) is 6.38. The molecule has 0 aliphatic heterocycles. The number of carbonyl (C=O) groups excluding carboxylic acids is 1. The molecule has 2 amide bonds. The summed E-state index contributed by atoms with van der Waals surface area (Å²) in [7, 11) is 1.31. The number of urea groups is 1. The quantitative estimate of drug-likeness (QED) is 0.772. The van der Waals surface area contributed by atoms with Gasteiger partial charge in [0.15, 0.2) is 6.61 Å². The van der Waals surface area contributed by atoms with Crippen molar-refractivity contribution in [2.45, 2.75) is 13.1 Å². The van der Waals surface area contributed by atoms with E-state index >= 15 is 0 Å². The van der Waals surface area contributed by atoms with Crippen LogP contribution in [0.15, 0.2) is 18.2 Å². The fourth-order valence-corrected chi connectivity index (χ4v) is 1.66. The molecule has 0 radical (unpaired) electrons. The van der Waals surface area contributed by atoms with Gasteiger partial charge < -0.3 is 20.1 Å². The summed E-state index contributed by atoms with van der Waals surface area (Å²) >= 11 is 0. The Hall–Kier alpha value is -2.52. The summed E-state index contributed by atoms with van der Waals surface area (Å²) < 4.78 is 54.3. The highest BCUT2D eigenvalue weighted by molar-refractivity contribution is 5.91. The second kappa shape index (κ2) is 7.84. The zero-order valence-electron chi connectivity index (χ0n) is 12.9. The third kappa shape index (κ3) is 6.31. The van der Waals surface area contributed by atoms with Gasteiger partial charge in [0.1, 0.15) is 11.6 Å². The molecule has 1 atom stereocenters. The predicted octanol–water partition coefficient (Wildman–Crippen LogP) is 2.95. The molecule has 0 aliphatic rings. The molecular weight excluding hydrogens is 336 g/mol. The molecule has 0 spiro atoms. The molecule has 0 bridgehead atoms. The first-order valence-electron chi connectivity index (χ1n) is 6.73. The fourth-order valence-electron chi connectivity index (χ4n) is 1.66. The molecule has 10 heteroatoms. The molecule has 1 unspecified atom stereocenters. The Morgan fingerprint density at radius 3 is 2.54 bits per heavy atom. The molecule has 1 aromatic carbocycles. The van der Waals surface area contributed by atoms with E-state index in [4.69, 9.17) is 5.11 Å². The molecule has 2 N–H and O–H groups in total. The summed E-state index contributed by atoms with van der Waals surface area (Å²) in [6, 6.07) is 1.93. The van der Waals surface area contributed by atoms with Gasteiger partial charge in [-0.1, -0.05) is 6.92 Å². The van der Waals surface area contributed by atoms with E-state index in [9.17, 15) is 27.2 Å². The van der Waals surface area contributed by atoms with Gasteiger partial charge in [0.2, 0.25) is 0 Å². The molecule has 0 fully saturated rings. The van der Waals surface area contributed by atoms with Crippen LogP contribution in [0, 0.1) is 11.7 Å². The number of carboxylic acids is 1. The summed E-state index contributed by atoms with van der Waals surface area (Å²) in [5.74, 6) is -3.26. The molecule has 24 heavy (non-hydrogen) atoms. The predicted molar refractivity (Wildman–Crippen MR) is 76.4 cm³/mol. The molecule has 0 aliphatic carbocycles. The van der Waals surface area contributed by atoms with Crippen LogP contribution >= 0.6 is 0 Å². The Labute approximate surface area is 135 Å². The number of carboxylic acid groups (broad SMARTS) is 1. The number of rotatable bonds is 6. The summed E-state index contributed by atoms with van der Waals surface area (Å²) in [6.07, 6.45) is -4.62. The standard InChI is InChI=1S/C14H16F4N2O4/c1-8(12(21)22)6-20(2)13(23)19-10-4-3-9(15)5-11(10)24-7-14(16,17)18/h3-5,8H,6-7H2,1-2H3,(H,19,23)(H,21,22). The number of anilines is 1. The topological polar surface area (TPSA) is 78.9 Å². The summed E-state index contributed by atoms with van der Waals surface area (Å²) in [5, 5.41) is 11.0. The molecule has 1 aromatic rings. The number of ether oxygens (including phenoxy) is 1. The van der Waals surface area contributed by atoms with E-state index in [0.29, 0.717) is 6.07 Å². The van der Waals surface area contributed by atoms with E-state index < -0.39 is 42.3 Å². The van der Waals surface area contributed by atoms with Crippen LogP contribution in [-0.4, -0.2) is 48.4 Å². The summed E-state index contributed by atoms with van der Waals surface area (Å²) in [4.78, 5) is 23.8. The minimum atomic E-state index is -4.62. The fraction of sp³-hybridized carbons (Fsp3) is 0.429. The van der Waals surface area contributed by atoms with E-state index in [1.54, 1.807) is 0 Å². The van der Waals surface area contributed by atoms with Crippen molar-refractivity contribution in [1.29, 1.82) is 0 Å². The van der Waals surface area contributed by atoms with Crippen molar-refractivity contribution >= 4 is 17.7 Å². The van der Waals surface area contributed by atoms with Crippen LogP contribution < -0.4 is 10.1 Å². The number of nitrogens with zero attached hydrogens (tertiary/aromatic N) is 1. The number of benzene rings is 1. The van der Waals surface area contributed by atoms with Gasteiger partial charge in [-0.05, 0) is 12.1 Å². The van der Waals surface area contributed by atoms with Gasteiger partial charge in [-0.25, -0.2) is 9.18 Å². The van der Waals surface area contributed by atoms with Gasteiger partial charge in [-0.15, -0.1) is 0 Å². The lowest BCUT2D eigenvalue weighted by atomic mass is 10.2. The maximum atomic E-state index is 13.2. The molecule has 0 aromatic heterocycles. The lowest BCUT2D eigenvalue weighted by Gasteiger charge is -2.21. The van der Waals surface area contributed by atoms with Gasteiger partial charge in [-0.2, -0.15) is 13.2 Å². The monoisotopic (exact) mass is 352 g/mol. The number of amides is 2. The van der Waals surface area contributed by atoms with Crippen molar-refractivity contribution in [1.82, 2.24) is 4.90 Å². The van der Waals surface area contributed by atoms with Crippen molar-refractivity contribution < 1.29 is 37.0 Å². The van der Waals surface area contributed by atoms with E-state index in [1.165, 1.54) is 14.0 Å². The van der Waals surface area contributed by atoms with E-state index in [2.05, 4.69) is 10.1 Å². The van der Waals surface area contributed by atoms with Crippen LogP contribution in [0.5, 0.6) is 5.75 Å². The van der Waals surface area contributed by atoms with Gasteiger partial charge >= 0.3 is 18.2 Å². The minimum absolute atomic E-state index is 0.124. The Morgan fingerprint density at radius 1 is 1.38 bits per heavy atom. The van der Waals surface area contributed by atoms with Gasteiger partial charge in [-0.3, -0.25) is 4.79 Å². The van der Waals surface area contributed by atoms with Crippen molar-refractivity contribution in [2.75, 3.05) is 25.5 Å². The molecule has 0 saturated carbocycles. The van der Waals surface area contributed by atoms with Crippen LogP contribution in [0.4, 0.5) is 28.0 Å². The van der Waals surface area contributed by atoms with Crippen molar-refractivity contribution in [2.24, 2.45) is 5.92 Å². The van der Waals surface area contributed by atoms with E-state index in [-0.39, 0.29) is 12.2 Å². The zero-order chi connectivity index (χ0) is 18.5. The van der Waals surface area contributed by atoms with Crippen LogP contribution in [0.2, 0.25) is 0 Å². The number of alkyl halides is 3. The van der Waals surface area contributed by atoms with E-state index in [1.807, 2.05) is 0 Å². The number of aliphatic carboxylic acids is 1.